The molecule has 5 heteroatoms. The molecule has 4 nitrogen and oxygen atoms in total. The van der Waals surface area contributed by atoms with Crippen molar-refractivity contribution in [3.8, 4) is 11.5 Å². The molecule has 0 bridgehead atoms. The van der Waals surface area contributed by atoms with Gasteiger partial charge in [-0.15, -0.1) is 11.8 Å². The van der Waals surface area contributed by atoms with Crippen LogP contribution in [0.1, 0.15) is 30.5 Å². The van der Waals surface area contributed by atoms with E-state index in [0.717, 1.165) is 24.2 Å². The molecule has 0 spiro atoms. The van der Waals surface area contributed by atoms with Gasteiger partial charge in [0.1, 0.15) is 17.6 Å². The van der Waals surface area contributed by atoms with Crippen LogP contribution >= 0.6 is 11.8 Å². The van der Waals surface area contributed by atoms with Crippen LogP contribution < -0.4 is 14.8 Å². The molecule has 4 rings (SSSR count). The highest BCUT2D eigenvalue weighted by atomic mass is 32.2. The van der Waals surface area contributed by atoms with Gasteiger partial charge < -0.3 is 14.8 Å². The van der Waals surface area contributed by atoms with Gasteiger partial charge >= 0.3 is 0 Å². The minimum Gasteiger partial charge on any atom is -0.492 e. The van der Waals surface area contributed by atoms with Gasteiger partial charge in [0.2, 0.25) is 5.91 Å². The van der Waals surface area contributed by atoms with Crippen molar-refractivity contribution in [2.75, 3.05) is 11.9 Å². The zero-order chi connectivity index (χ0) is 18.3. The number of carbonyl (C=O) groups is 1. The van der Waals surface area contributed by atoms with Gasteiger partial charge in [-0.2, -0.15) is 0 Å². The van der Waals surface area contributed by atoms with E-state index in [9.17, 15) is 4.79 Å². The smallest absolute Gasteiger partial charge is 0.238 e. The number of rotatable bonds is 4. The van der Waals surface area contributed by atoms with Gasteiger partial charge in [0, 0.05) is 22.9 Å². The topological polar surface area (TPSA) is 47.6 Å². The molecule has 0 aromatic heterocycles. The summed E-state index contributed by atoms with van der Waals surface area (Å²) in [4.78, 5) is 14.1. The molecule has 2 atom stereocenters. The lowest BCUT2D eigenvalue weighted by molar-refractivity contribution is -0.115. The number of nitrogens with one attached hydrogen (secondary N) is 1. The van der Waals surface area contributed by atoms with Crippen LogP contribution in [0.3, 0.4) is 0 Å². The number of hydrogen-bond donors (Lipinski definition) is 1. The SMILES string of the molecule is CCOc1cc2c(cc1NC(=O)C1Cc3ccc(C)cc3S1)OC(C)C2. The van der Waals surface area contributed by atoms with Crippen molar-refractivity contribution in [1.29, 1.82) is 0 Å². The van der Waals surface area contributed by atoms with Crippen molar-refractivity contribution in [1.82, 2.24) is 0 Å². The van der Waals surface area contributed by atoms with Crippen LogP contribution in [-0.4, -0.2) is 23.9 Å². The predicted octanol–water partition coefficient (Wildman–Crippen LogP) is 4.37. The van der Waals surface area contributed by atoms with E-state index >= 15 is 0 Å². The van der Waals surface area contributed by atoms with Crippen LogP contribution in [0.2, 0.25) is 0 Å². The summed E-state index contributed by atoms with van der Waals surface area (Å²) in [6, 6.07) is 10.3. The van der Waals surface area contributed by atoms with Crippen LogP contribution in [0.15, 0.2) is 35.2 Å². The second-order valence-electron chi connectivity index (χ2n) is 6.93. The van der Waals surface area contributed by atoms with E-state index in [0.29, 0.717) is 18.0 Å². The Morgan fingerprint density at radius 2 is 2.12 bits per heavy atom. The lowest BCUT2D eigenvalue weighted by Crippen LogP contribution is -2.25. The summed E-state index contributed by atoms with van der Waals surface area (Å²) in [5, 5.41) is 2.95. The number of thioether (sulfide) groups is 1. The zero-order valence-electron chi connectivity index (χ0n) is 15.3. The van der Waals surface area contributed by atoms with Crippen molar-refractivity contribution < 1.29 is 14.3 Å². The average Bonchev–Trinajstić information content (AvgIpc) is 3.17. The number of hydrogen-bond acceptors (Lipinski definition) is 4. The van der Waals surface area contributed by atoms with Crippen molar-refractivity contribution in [2.24, 2.45) is 0 Å². The second-order valence-corrected chi connectivity index (χ2v) is 8.18. The number of carbonyl (C=O) groups excluding carboxylic acids is 1. The Balaban J connectivity index is 1.54. The van der Waals surface area contributed by atoms with E-state index in [1.165, 1.54) is 16.0 Å². The fourth-order valence-electron chi connectivity index (χ4n) is 3.51. The Morgan fingerprint density at radius 3 is 2.92 bits per heavy atom. The molecule has 0 aliphatic carbocycles. The van der Waals surface area contributed by atoms with Crippen molar-refractivity contribution in [3.05, 3.63) is 47.0 Å². The molecule has 2 aliphatic rings. The molecule has 0 saturated heterocycles. The predicted molar refractivity (Wildman–Crippen MR) is 105 cm³/mol. The number of aryl methyl sites for hydroxylation is 1. The summed E-state index contributed by atoms with van der Waals surface area (Å²) >= 11 is 1.64. The van der Waals surface area contributed by atoms with E-state index in [4.69, 9.17) is 9.47 Å². The highest BCUT2D eigenvalue weighted by Crippen LogP contribution is 2.40. The molecule has 0 saturated carbocycles. The van der Waals surface area contributed by atoms with E-state index in [-0.39, 0.29) is 17.3 Å². The first kappa shape index (κ1) is 17.3. The third-order valence-electron chi connectivity index (χ3n) is 4.75. The second kappa shape index (κ2) is 6.88. The largest absolute Gasteiger partial charge is 0.492 e. The fourth-order valence-corrected chi connectivity index (χ4v) is 4.80. The van der Waals surface area contributed by atoms with E-state index in [1.807, 2.05) is 26.0 Å². The number of anilines is 1. The third-order valence-corrected chi connectivity index (χ3v) is 6.04. The highest BCUT2D eigenvalue weighted by Gasteiger charge is 2.30. The number of amides is 1. The Kier molecular flexibility index (Phi) is 4.57. The van der Waals surface area contributed by atoms with Gasteiger partial charge in [0.25, 0.3) is 0 Å². The van der Waals surface area contributed by atoms with Crippen LogP contribution in [-0.2, 0) is 17.6 Å². The van der Waals surface area contributed by atoms with Gasteiger partial charge in [-0.25, -0.2) is 0 Å². The summed E-state index contributed by atoms with van der Waals surface area (Å²) in [6.45, 7) is 6.63. The molecule has 136 valence electrons. The number of benzene rings is 2. The molecular weight excluding hydrogens is 346 g/mol. The van der Waals surface area contributed by atoms with Crippen LogP contribution in [0.25, 0.3) is 0 Å². The highest BCUT2D eigenvalue weighted by molar-refractivity contribution is 8.01. The summed E-state index contributed by atoms with van der Waals surface area (Å²) < 4.78 is 11.6. The molecule has 0 radical (unpaired) electrons. The zero-order valence-corrected chi connectivity index (χ0v) is 16.1. The quantitative estimate of drug-likeness (QED) is 0.869. The van der Waals surface area contributed by atoms with Crippen molar-refractivity contribution in [3.63, 3.8) is 0 Å². The Hall–Kier alpha value is -2.14. The lowest BCUT2D eigenvalue weighted by Gasteiger charge is -2.15. The Bertz CT molecular complexity index is 865. The van der Waals surface area contributed by atoms with E-state index in [1.54, 1.807) is 11.8 Å². The summed E-state index contributed by atoms with van der Waals surface area (Å²) in [5.74, 6) is 1.57. The van der Waals surface area contributed by atoms with Gasteiger partial charge in [0.15, 0.2) is 0 Å². The fraction of sp³-hybridized carbons (Fsp3) is 0.381. The van der Waals surface area contributed by atoms with Crippen molar-refractivity contribution >= 4 is 23.4 Å². The summed E-state index contributed by atoms with van der Waals surface area (Å²) in [7, 11) is 0. The minimum atomic E-state index is -0.116. The van der Waals surface area contributed by atoms with E-state index < -0.39 is 0 Å². The number of fused-ring (bicyclic) bond motifs is 2. The molecule has 26 heavy (non-hydrogen) atoms. The third kappa shape index (κ3) is 3.28. The van der Waals surface area contributed by atoms with Gasteiger partial charge in [-0.05, 0) is 44.9 Å². The maximum Gasteiger partial charge on any atom is 0.238 e. The summed E-state index contributed by atoms with van der Waals surface area (Å²) in [6.07, 6.45) is 1.79. The first-order valence-corrected chi connectivity index (χ1v) is 9.95. The van der Waals surface area contributed by atoms with Crippen LogP contribution in [0, 0.1) is 6.92 Å². The standard InChI is InChI=1S/C21H23NO3S/c1-4-24-18-9-15-8-13(3)25-17(15)11-16(18)22-21(23)20-10-14-6-5-12(2)7-19(14)26-20/h5-7,9,11,13,20H,4,8,10H2,1-3H3,(H,22,23). The van der Waals surface area contributed by atoms with Gasteiger partial charge in [-0.3, -0.25) is 4.79 Å². The average molecular weight is 369 g/mol. The molecule has 2 unspecified atom stereocenters. The van der Waals surface area contributed by atoms with Gasteiger partial charge in [-0.1, -0.05) is 17.7 Å². The maximum atomic E-state index is 12.9. The molecule has 2 aromatic carbocycles. The normalized spacial score (nSPS) is 20.3. The van der Waals surface area contributed by atoms with E-state index in [2.05, 4.69) is 30.4 Å². The van der Waals surface area contributed by atoms with Gasteiger partial charge in [0.05, 0.1) is 17.5 Å². The molecule has 1 N–H and O–H groups in total. The molecule has 1 amide bonds. The monoisotopic (exact) mass is 369 g/mol. The molecular formula is C21H23NO3S. The molecule has 0 fully saturated rings. The first-order valence-electron chi connectivity index (χ1n) is 9.07. The Labute approximate surface area is 158 Å². The number of ether oxygens (including phenoxy) is 2. The lowest BCUT2D eigenvalue weighted by atomic mass is 10.1. The first-order chi connectivity index (χ1) is 12.5. The summed E-state index contributed by atoms with van der Waals surface area (Å²) in [5.41, 5.74) is 4.30. The minimum absolute atomic E-state index is 0.0100. The molecule has 2 aliphatic heterocycles. The van der Waals surface area contributed by atoms with Crippen LogP contribution in [0.5, 0.6) is 11.5 Å². The maximum absolute atomic E-state index is 12.9. The van der Waals surface area contributed by atoms with Crippen LogP contribution in [0.4, 0.5) is 5.69 Å². The molecule has 2 heterocycles. The Morgan fingerprint density at radius 1 is 1.27 bits per heavy atom. The van der Waals surface area contributed by atoms with Crippen molar-refractivity contribution in [2.45, 2.75) is 49.9 Å². The molecule has 2 aromatic rings.